The van der Waals surface area contributed by atoms with E-state index in [4.69, 9.17) is 0 Å². The largest absolute Gasteiger partial charge is 0.351 e. The third-order valence-electron chi connectivity index (χ3n) is 2.92. The topological polar surface area (TPSA) is 3.24 Å². The average molecular weight is 175 g/mol. The Morgan fingerprint density at radius 3 is 2.31 bits per heavy atom. The molecule has 0 amide bonds. The lowest BCUT2D eigenvalue weighted by atomic mass is 9.94. The fourth-order valence-electron chi connectivity index (χ4n) is 2.09. The summed E-state index contributed by atoms with van der Waals surface area (Å²) < 4.78 is 0. The molecule has 13 heavy (non-hydrogen) atoms. The Morgan fingerprint density at radius 1 is 1.08 bits per heavy atom. The minimum atomic E-state index is 0.745. The standard InChI is InChI=1S/C12H17N/c1-11-7-9-13(10-8-11)12-5-3-2-4-6-12/h7-10,12H,1-6H2. The lowest BCUT2D eigenvalue weighted by molar-refractivity contribution is 0.276. The molecule has 0 bridgehead atoms. The molecule has 1 fully saturated rings. The molecule has 0 atom stereocenters. The fraction of sp³-hybridized carbons (Fsp3) is 0.500. The Kier molecular flexibility index (Phi) is 2.53. The molecular weight excluding hydrogens is 158 g/mol. The number of nitrogens with zero attached hydrogens (tertiary/aromatic N) is 1. The van der Waals surface area contributed by atoms with E-state index in [1.54, 1.807) is 0 Å². The van der Waals surface area contributed by atoms with Gasteiger partial charge in [-0.15, -0.1) is 0 Å². The third-order valence-corrected chi connectivity index (χ3v) is 2.92. The molecule has 0 N–H and O–H groups in total. The van der Waals surface area contributed by atoms with Gasteiger partial charge in [-0.25, -0.2) is 0 Å². The van der Waals surface area contributed by atoms with Gasteiger partial charge in [0.2, 0.25) is 0 Å². The van der Waals surface area contributed by atoms with E-state index in [9.17, 15) is 0 Å². The summed E-state index contributed by atoms with van der Waals surface area (Å²) in [7, 11) is 0. The van der Waals surface area contributed by atoms with E-state index in [0.717, 1.165) is 11.6 Å². The van der Waals surface area contributed by atoms with E-state index < -0.39 is 0 Å². The van der Waals surface area contributed by atoms with Gasteiger partial charge in [-0.3, -0.25) is 0 Å². The molecule has 1 nitrogen and oxygen atoms in total. The molecular formula is C12H17N. The number of rotatable bonds is 1. The van der Waals surface area contributed by atoms with E-state index in [2.05, 4.69) is 36.0 Å². The molecule has 0 aromatic rings. The van der Waals surface area contributed by atoms with Crippen LogP contribution in [-0.2, 0) is 0 Å². The Morgan fingerprint density at radius 2 is 1.69 bits per heavy atom. The second-order valence-corrected chi connectivity index (χ2v) is 3.95. The van der Waals surface area contributed by atoms with Gasteiger partial charge in [-0.1, -0.05) is 25.8 Å². The first kappa shape index (κ1) is 8.61. The van der Waals surface area contributed by atoms with Gasteiger partial charge < -0.3 is 4.90 Å². The summed E-state index contributed by atoms with van der Waals surface area (Å²) in [5.41, 5.74) is 1.10. The summed E-state index contributed by atoms with van der Waals surface area (Å²) in [5.74, 6) is 0. The van der Waals surface area contributed by atoms with Crippen LogP contribution < -0.4 is 0 Å². The minimum absolute atomic E-state index is 0.745. The second-order valence-electron chi connectivity index (χ2n) is 3.95. The van der Waals surface area contributed by atoms with Crippen LogP contribution in [0.4, 0.5) is 0 Å². The molecule has 0 radical (unpaired) electrons. The highest BCUT2D eigenvalue weighted by Gasteiger charge is 2.17. The van der Waals surface area contributed by atoms with Crippen molar-refractivity contribution in [2.75, 3.05) is 0 Å². The normalized spacial score (nSPS) is 24.0. The van der Waals surface area contributed by atoms with Crippen LogP contribution in [-0.4, -0.2) is 10.9 Å². The van der Waals surface area contributed by atoms with Crippen LogP contribution in [0.15, 0.2) is 36.7 Å². The van der Waals surface area contributed by atoms with Crippen molar-refractivity contribution >= 4 is 0 Å². The van der Waals surface area contributed by atoms with Crippen molar-refractivity contribution in [2.45, 2.75) is 38.1 Å². The lowest BCUT2D eigenvalue weighted by Gasteiger charge is -2.32. The molecule has 0 spiro atoms. The van der Waals surface area contributed by atoms with Crippen LogP contribution in [0.3, 0.4) is 0 Å². The quantitative estimate of drug-likeness (QED) is 0.591. The first-order valence-corrected chi connectivity index (χ1v) is 5.19. The van der Waals surface area contributed by atoms with Crippen LogP contribution in [0.25, 0.3) is 0 Å². The predicted octanol–water partition coefficient (Wildman–Crippen LogP) is 3.22. The Hall–Kier alpha value is -0.980. The lowest BCUT2D eigenvalue weighted by Crippen LogP contribution is -2.29. The highest BCUT2D eigenvalue weighted by molar-refractivity contribution is 5.30. The highest BCUT2D eigenvalue weighted by Crippen LogP contribution is 2.24. The third kappa shape index (κ3) is 2.03. The van der Waals surface area contributed by atoms with Gasteiger partial charge in [-0.2, -0.15) is 0 Å². The molecule has 1 aliphatic carbocycles. The van der Waals surface area contributed by atoms with Gasteiger partial charge in [0.15, 0.2) is 0 Å². The van der Waals surface area contributed by atoms with Gasteiger partial charge in [0.05, 0.1) is 0 Å². The van der Waals surface area contributed by atoms with Crippen molar-refractivity contribution in [3.8, 4) is 0 Å². The monoisotopic (exact) mass is 175 g/mol. The van der Waals surface area contributed by atoms with Crippen molar-refractivity contribution in [2.24, 2.45) is 0 Å². The van der Waals surface area contributed by atoms with Gasteiger partial charge in [0.1, 0.15) is 0 Å². The summed E-state index contributed by atoms with van der Waals surface area (Å²) in [6.45, 7) is 3.89. The first-order chi connectivity index (χ1) is 6.36. The fourth-order valence-corrected chi connectivity index (χ4v) is 2.09. The number of hydrogen-bond donors (Lipinski definition) is 0. The van der Waals surface area contributed by atoms with Crippen molar-refractivity contribution in [1.29, 1.82) is 0 Å². The van der Waals surface area contributed by atoms with Crippen molar-refractivity contribution < 1.29 is 0 Å². The minimum Gasteiger partial charge on any atom is -0.351 e. The van der Waals surface area contributed by atoms with Crippen LogP contribution in [0, 0.1) is 0 Å². The Balaban J connectivity index is 1.97. The van der Waals surface area contributed by atoms with Crippen LogP contribution in [0.2, 0.25) is 0 Å². The van der Waals surface area contributed by atoms with Gasteiger partial charge >= 0.3 is 0 Å². The molecule has 1 aliphatic heterocycles. The van der Waals surface area contributed by atoms with Crippen LogP contribution in [0.5, 0.6) is 0 Å². The Bertz CT molecular complexity index is 228. The molecule has 1 heteroatoms. The zero-order valence-corrected chi connectivity index (χ0v) is 8.08. The summed E-state index contributed by atoms with van der Waals surface area (Å²) in [6.07, 6.45) is 15.4. The molecule has 2 aliphatic rings. The number of hydrogen-bond acceptors (Lipinski definition) is 1. The smallest absolute Gasteiger partial charge is 0.0330 e. The van der Waals surface area contributed by atoms with Crippen molar-refractivity contribution in [3.63, 3.8) is 0 Å². The average Bonchev–Trinajstić information content (AvgIpc) is 2.20. The van der Waals surface area contributed by atoms with Gasteiger partial charge in [0.25, 0.3) is 0 Å². The summed E-state index contributed by atoms with van der Waals surface area (Å²) in [5, 5.41) is 0. The first-order valence-electron chi connectivity index (χ1n) is 5.19. The molecule has 0 saturated heterocycles. The van der Waals surface area contributed by atoms with Crippen molar-refractivity contribution in [3.05, 3.63) is 36.7 Å². The van der Waals surface area contributed by atoms with Gasteiger partial charge in [-0.05, 0) is 30.6 Å². The highest BCUT2D eigenvalue weighted by atomic mass is 15.1. The maximum Gasteiger partial charge on any atom is 0.0330 e. The predicted molar refractivity (Wildman–Crippen MR) is 56.1 cm³/mol. The summed E-state index contributed by atoms with van der Waals surface area (Å²) in [4.78, 5) is 2.34. The molecule has 0 unspecified atom stereocenters. The van der Waals surface area contributed by atoms with Gasteiger partial charge in [0, 0.05) is 18.4 Å². The number of allylic oxidation sites excluding steroid dienone is 3. The Labute approximate surface area is 80.4 Å². The second kappa shape index (κ2) is 3.82. The molecule has 70 valence electrons. The van der Waals surface area contributed by atoms with Crippen LogP contribution >= 0.6 is 0 Å². The van der Waals surface area contributed by atoms with E-state index in [1.165, 1.54) is 32.1 Å². The van der Waals surface area contributed by atoms with Crippen molar-refractivity contribution in [1.82, 2.24) is 4.90 Å². The molecule has 2 rings (SSSR count). The zero-order valence-electron chi connectivity index (χ0n) is 8.08. The van der Waals surface area contributed by atoms with E-state index >= 15 is 0 Å². The maximum atomic E-state index is 3.89. The van der Waals surface area contributed by atoms with E-state index in [1.807, 2.05) is 0 Å². The maximum absolute atomic E-state index is 3.89. The van der Waals surface area contributed by atoms with E-state index in [-0.39, 0.29) is 0 Å². The molecule has 1 heterocycles. The van der Waals surface area contributed by atoms with E-state index in [0.29, 0.717) is 0 Å². The van der Waals surface area contributed by atoms with Crippen LogP contribution in [0.1, 0.15) is 32.1 Å². The molecule has 0 aromatic carbocycles. The zero-order chi connectivity index (χ0) is 9.10. The molecule has 0 aromatic heterocycles. The summed E-state index contributed by atoms with van der Waals surface area (Å²) >= 11 is 0. The summed E-state index contributed by atoms with van der Waals surface area (Å²) in [6, 6.07) is 0.745. The molecule has 1 saturated carbocycles. The SMILES string of the molecule is C=C1C=CN(C2CCCCC2)C=C1.